The minimum atomic E-state index is -0.537. The van der Waals surface area contributed by atoms with Crippen molar-refractivity contribution in [3.63, 3.8) is 0 Å². The number of halogens is 1. The molecule has 3 aromatic rings. The van der Waals surface area contributed by atoms with Gasteiger partial charge in [-0.3, -0.25) is 9.78 Å². The number of rotatable bonds is 4. The van der Waals surface area contributed by atoms with Crippen LogP contribution in [0.1, 0.15) is 37.3 Å². The van der Waals surface area contributed by atoms with E-state index >= 15 is 0 Å². The second-order valence-corrected chi connectivity index (χ2v) is 8.10. The number of amides is 1. The Balaban J connectivity index is 1.62. The Morgan fingerprint density at radius 2 is 1.77 bits per heavy atom. The van der Waals surface area contributed by atoms with Crippen LogP contribution in [0, 0.1) is 19.7 Å². The number of aryl methyl sites for hydroxylation is 2. The van der Waals surface area contributed by atoms with E-state index in [1.807, 2.05) is 43.0 Å². The summed E-state index contributed by atoms with van der Waals surface area (Å²) in [6.45, 7) is 7.26. The van der Waals surface area contributed by atoms with Crippen molar-refractivity contribution in [2.24, 2.45) is 0 Å². The average molecular weight is 407 g/mol. The molecular weight excluding hydrogens is 379 g/mol. The maximum Gasteiger partial charge on any atom is 0.263 e. The third-order valence-electron chi connectivity index (χ3n) is 5.81. The highest BCUT2D eigenvalue weighted by Gasteiger charge is 2.23. The van der Waals surface area contributed by atoms with Gasteiger partial charge in [0.05, 0.1) is 5.52 Å². The van der Waals surface area contributed by atoms with Gasteiger partial charge in [0.15, 0.2) is 6.10 Å². The summed E-state index contributed by atoms with van der Waals surface area (Å²) in [4.78, 5) is 19.1. The Morgan fingerprint density at radius 3 is 2.47 bits per heavy atom. The zero-order valence-corrected chi connectivity index (χ0v) is 17.7. The molecule has 4 rings (SSSR count). The molecule has 1 saturated heterocycles. The molecule has 0 spiro atoms. The minimum Gasteiger partial charge on any atom is -0.481 e. The first-order valence-corrected chi connectivity index (χ1v) is 10.6. The lowest BCUT2D eigenvalue weighted by molar-refractivity contribution is -0.138. The van der Waals surface area contributed by atoms with Crippen LogP contribution in [0.25, 0.3) is 22.0 Å². The number of aromatic nitrogens is 1. The van der Waals surface area contributed by atoms with Crippen molar-refractivity contribution in [1.82, 2.24) is 9.88 Å². The molecule has 0 bridgehead atoms. The van der Waals surface area contributed by atoms with Gasteiger partial charge in [0.2, 0.25) is 0 Å². The Hall–Kier alpha value is -2.95. The van der Waals surface area contributed by atoms with Gasteiger partial charge in [-0.05, 0) is 92.6 Å². The Bertz CT molecular complexity index is 1070. The van der Waals surface area contributed by atoms with E-state index in [0.717, 1.165) is 59.1 Å². The minimum absolute atomic E-state index is 0.0362. The van der Waals surface area contributed by atoms with E-state index in [1.54, 1.807) is 25.3 Å². The number of ether oxygens (including phenoxy) is 1. The van der Waals surface area contributed by atoms with Gasteiger partial charge in [-0.2, -0.15) is 0 Å². The van der Waals surface area contributed by atoms with E-state index < -0.39 is 6.10 Å². The summed E-state index contributed by atoms with van der Waals surface area (Å²) in [5.74, 6) is 0.432. The van der Waals surface area contributed by atoms with Crippen molar-refractivity contribution in [3.8, 4) is 16.9 Å². The smallest absolute Gasteiger partial charge is 0.263 e. The lowest BCUT2D eigenvalue weighted by atomic mass is 9.93. The van der Waals surface area contributed by atoms with Crippen LogP contribution in [0.4, 0.5) is 4.39 Å². The number of hydrogen-bond donors (Lipinski definition) is 0. The fraction of sp³-hybridized carbons (Fsp3) is 0.360. The molecule has 1 amide bonds. The number of likely N-dealkylation sites (tertiary alicyclic amines) is 1. The Labute approximate surface area is 176 Å². The van der Waals surface area contributed by atoms with Crippen LogP contribution in [0.5, 0.6) is 5.75 Å². The highest BCUT2D eigenvalue weighted by atomic mass is 19.1. The molecule has 1 aliphatic rings. The lowest BCUT2D eigenvalue weighted by Crippen LogP contribution is -2.43. The van der Waals surface area contributed by atoms with Gasteiger partial charge in [0.25, 0.3) is 5.91 Å². The molecule has 1 aliphatic heterocycles. The number of benzene rings is 2. The van der Waals surface area contributed by atoms with Crippen LogP contribution in [0.2, 0.25) is 0 Å². The standard InChI is InChI=1S/C25H27FN2O2/c1-16-13-19(26)14-17(2)24(16)22-9-10-27-23-15-20(7-8-21(22)23)30-18(3)25(29)28-11-5-4-6-12-28/h7-10,13-15,18H,4-6,11-12H2,1-3H3. The number of fused-ring (bicyclic) bond motifs is 1. The number of hydrogen-bond acceptors (Lipinski definition) is 3. The molecule has 0 N–H and O–H groups in total. The third kappa shape index (κ3) is 4.02. The molecule has 5 heteroatoms. The van der Waals surface area contributed by atoms with Gasteiger partial charge in [0.1, 0.15) is 11.6 Å². The molecule has 0 aliphatic carbocycles. The Morgan fingerprint density at radius 1 is 1.07 bits per heavy atom. The van der Waals surface area contributed by atoms with Gasteiger partial charge in [-0.1, -0.05) is 0 Å². The summed E-state index contributed by atoms with van der Waals surface area (Å²) in [5.41, 5.74) is 4.60. The Kier molecular flexibility index (Phi) is 5.71. The number of piperidine rings is 1. The predicted molar refractivity (Wildman–Crippen MR) is 117 cm³/mol. The summed E-state index contributed by atoms with van der Waals surface area (Å²) in [6.07, 6.45) is 4.52. The molecule has 2 heterocycles. The topological polar surface area (TPSA) is 42.4 Å². The summed E-state index contributed by atoms with van der Waals surface area (Å²) < 4.78 is 19.7. The molecule has 30 heavy (non-hydrogen) atoms. The van der Waals surface area contributed by atoms with Crippen LogP contribution in [0.15, 0.2) is 42.6 Å². The third-order valence-corrected chi connectivity index (χ3v) is 5.81. The van der Waals surface area contributed by atoms with Gasteiger partial charge < -0.3 is 9.64 Å². The molecule has 4 nitrogen and oxygen atoms in total. The zero-order chi connectivity index (χ0) is 21.3. The van der Waals surface area contributed by atoms with E-state index in [2.05, 4.69) is 4.98 Å². The highest BCUT2D eigenvalue weighted by molar-refractivity contribution is 5.96. The molecule has 2 aromatic carbocycles. The van der Waals surface area contributed by atoms with Gasteiger partial charge in [0, 0.05) is 30.7 Å². The maximum absolute atomic E-state index is 13.8. The maximum atomic E-state index is 13.8. The lowest BCUT2D eigenvalue weighted by Gasteiger charge is -2.29. The van der Waals surface area contributed by atoms with E-state index in [9.17, 15) is 9.18 Å². The number of carbonyl (C=O) groups is 1. The molecule has 0 saturated carbocycles. The number of pyridine rings is 1. The van der Waals surface area contributed by atoms with Crippen molar-refractivity contribution in [3.05, 3.63) is 59.5 Å². The van der Waals surface area contributed by atoms with Crippen LogP contribution >= 0.6 is 0 Å². The molecule has 156 valence electrons. The average Bonchev–Trinajstić information content (AvgIpc) is 2.73. The van der Waals surface area contributed by atoms with E-state index in [4.69, 9.17) is 4.74 Å². The highest BCUT2D eigenvalue weighted by Crippen LogP contribution is 2.34. The monoisotopic (exact) mass is 406 g/mol. The number of carbonyl (C=O) groups excluding carboxylic acids is 1. The van der Waals surface area contributed by atoms with Crippen LogP contribution in [-0.4, -0.2) is 35.0 Å². The van der Waals surface area contributed by atoms with Crippen molar-refractivity contribution < 1.29 is 13.9 Å². The largest absolute Gasteiger partial charge is 0.481 e. The van der Waals surface area contributed by atoms with Crippen molar-refractivity contribution in [2.75, 3.05) is 13.1 Å². The van der Waals surface area contributed by atoms with Crippen LogP contribution in [0.3, 0.4) is 0 Å². The molecule has 1 fully saturated rings. The fourth-order valence-corrected chi connectivity index (χ4v) is 4.38. The first-order valence-electron chi connectivity index (χ1n) is 10.6. The summed E-state index contributed by atoms with van der Waals surface area (Å²) in [7, 11) is 0. The van der Waals surface area contributed by atoms with Gasteiger partial charge in [-0.15, -0.1) is 0 Å². The van der Waals surface area contributed by atoms with Crippen molar-refractivity contribution >= 4 is 16.8 Å². The quantitative estimate of drug-likeness (QED) is 0.580. The van der Waals surface area contributed by atoms with Gasteiger partial charge >= 0.3 is 0 Å². The summed E-state index contributed by atoms with van der Waals surface area (Å²) >= 11 is 0. The van der Waals surface area contributed by atoms with Crippen LogP contribution in [-0.2, 0) is 4.79 Å². The first-order chi connectivity index (χ1) is 14.4. The molecule has 1 aromatic heterocycles. The molecule has 0 radical (unpaired) electrons. The van der Waals surface area contributed by atoms with E-state index in [1.165, 1.54) is 6.42 Å². The van der Waals surface area contributed by atoms with Crippen LogP contribution < -0.4 is 4.74 Å². The van der Waals surface area contributed by atoms with Crippen molar-refractivity contribution in [2.45, 2.75) is 46.1 Å². The number of nitrogens with zero attached hydrogens (tertiary/aromatic N) is 2. The zero-order valence-electron chi connectivity index (χ0n) is 17.7. The molecular formula is C25H27FN2O2. The second kappa shape index (κ2) is 8.42. The van der Waals surface area contributed by atoms with Crippen molar-refractivity contribution in [1.29, 1.82) is 0 Å². The molecule has 1 atom stereocenters. The second-order valence-electron chi connectivity index (χ2n) is 8.10. The summed E-state index contributed by atoms with van der Waals surface area (Å²) in [5, 5.41) is 0.970. The van der Waals surface area contributed by atoms with E-state index in [0.29, 0.717) is 5.75 Å². The van der Waals surface area contributed by atoms with Gasteiger partial charge in [-0.25, -0.2) is 4.39 Å². The predicted octanol–water partition coefficient (Wildman–Crippen LogP) is 5.44. The normalized spacial score (nSPS) is 15.3. The fourth-order valence-electron chi connectivity index (χ4n) is 4.38. The molecule has 1 unspecified atom stereocenters. The summed E-state index contributed by atoms with van der Waals surface area (Å²) in [6, 6.07) is 10.8. The first kappa shape index (κ1) is 20.3. The SMILES string of the molecule is Cc1cc(F)cc(C)c1-c1ccnc2cc(OC(C)C(=O)N3CCCCC3)ccc12. The van der Waals surface area contributed by atoms with E-state index in [-0.39, 0.29) is 11.7 Å².